The monoisotopic (exact) mass is 252 g/mol. The van der Waals surface area contributed by atoms with Crippen LogP contribution in [0.25, 0.3) is 0 Å². The number of rotatable bonds is 4. The van der Waals surface area contributed by atoms with Gasteiger partial charge >= 0.3 is 0 Å². The van der Waals surface area contributed by atoms with Gasteiger partial charge in [0, 0.05) is 19.9 Å². The van der Waals surface area contributed by atoms with E-state index in [1.54, 1.807) is 13.3 Å². The Morgan fingerprint density at radius 3 is 3.06 bits per heavy atom. The van der Waals surface area contributed by atoms with Crippen molar-refractivity contribution >= 4 is 0 Å². The van der Waals surface area contributed by atoms with Gasteiger partial charge in [-0.25, -0.2) is 0 Å². The van der Waals surface area contributed by atoms with Gasteiger partial charge in [-0.3, -0.25) is 4.68 Å². The first kappa shape index (κ1) is 13.6. The number of aliphatic hydroxyl groups excluding tert-OH is 1. The van der Waals surface area contributed by atoms with Crippen LogP contribution in [0.4, 0.5) is 0 Å². The quantitative estimate of drug-likeness (QED) is 0.895. The molecule has 1 fully saturated rings. The van der Waals surface area contributed by atoms with Crippen LogP contribution in [0.2, 0.25) is 0 Å². The second-order valence-corrected chi connectivity index (χ2v) is 5.44. The average Bonchev–Trinajstić information content (AvgIpc) is 2.85. The Balaban J connectivity index is 2.26. The van der Waals surface area contributed by atoms with Gasteiger partial charge in [0.1, 0.15) is 6.10 Å². The molecule has 3 unspecified atom stereocenters. The first-order chi connectivity index (χ1) is 8.63. The summed E-state index contributed by atoms with van der Waals surface area (Å²) in [6.07, 6.45) is 5.34. The molecule has 1 heterocycles. The Hall–Kier alpha value is -0.870. The summed E-state index contributed by atoms with van der Waals surface area (Å²) in [6, 6.07) is 1.90. The zero-order chi connectivity index (χ0) is 13.2. The molecule has 1 aromatic rings. The van der Waals surface area contributed by atoms with E-state index in [1.165, 1.54) is 6.42 Å². The molecule has 0 spiro atoms. The van der Waals surface area contributed by atoms with Gasteiger partial charge in [-0.05, 0) is 31.7 Å². The number of nitrogens with zero attached hydrogens (tertiary/aromatic N) is 2. The maximum atomic E-state index is 10.7. The van der Waals surface area contributed by atoms with E-state index in [4.69, 9.17) is 4.74 Å². The van der Waals surface area contributed by atoms with Crippen molar-refractivity contribution in [3.63, 3.8) is 0 Å². The molecule has 0 bridgehead atoms. The first-order valence-corrected chi connectivity index (χ1v) is 6.88. The van der Waals surface area contributed by atoms with Crippen LogP contribution in [0.1, 0.15) is 51.3 Å². The summed E-state index contributed by atoms with van der Waals surface area (Å²) in [5, 5.41) is 15.0. The smallest absolute Gasteiger partial charge is 0.124 e. The third kappa shape index (κ3) is 2.31. The maximum absolute atomic E-state index is 10.7. The molecule has 0 saturated heterocycles. The van der Waals surface area contributed by atoms with Gasteiger partial charge in [0.15, 0.2) is 0 Å². The SMILES string of the molecule is CCn1nccc1C(O)C1(OC)CCCC(C)C1. The zero-order valence-corrected chi connectivity index (χ0v) is 11.6. The fraction of sp³-hybridized carbons (Fsp3) is 0.786. The Morgan fingerprint density at radius 2 is 2.44 bits per heavy atom. The van der Waals surface area contributed by atoms with Crippen LogP contribution >= 0.6 is 0 Å². The molecule has 102 valence electrons. The third-order valence-corrected chi connectivity index (χ3v) is 4.22. The molecule has 0 aromatic carbocycles. The molecule has 0 radical (unpaired) electrons. The van der Waals surface area contributed by atoms with Crippen LogP contribution in [-0.4, -0.2) is 27.6 Å². The average molecular weight is 252 g/mol. The summed E-state index contributed by atoms with van der Waals surface area (Å²) < 4.78 is 7.60. The van der Waals surface area contributed by atoms with Gasteiger partial charge in [0.05, 0.1) is 11.3 Å². The summed E-state index contributed by atoms with van der Waals surface area (Å²) in [4.78, 5) is 0. The minimum atomic E-state index is -0.590. The summed E-state index contributed by atoms with van der Waals surface area (Å²) >= 11 is 0. The first-order valence-electron chi connectivity index (χ1n) is 6.88. The zero-order valence-electron chi connectivity index (χ0n) is 11.6. The summed E-state index contributed by atoms with van der Waals surface area (Å²) in [7, 11) is 1.72. The molecule has 18 heavy (non-hydrogen) atoms. The lowest BCUT2D eigenvalue weighted by atomic mass is 9.75. The fourth-order valence-electron chi connectivity index (χ4n) is 3.20. The number of methoxy groups -OCH3 is 1. The molecule has 4 heteroatoms. The molecule has 1 N–H and O–H groups in total. The Labute approximate surface area is 109 Å². The molecule has 4 nitrogen and oxygen atoms in total. The molecule has 2 rings (SSSR count). The molecular formula is C14H24N2O2. The standard InChI is InChI=1S/C14H24N2O2/c1-4-16-12(7-9-15-16)13(17)14(18-3)8-5-6-11(2)10-14/h7,9,11,13,17H,4-6,8,10H2,1-3H3. The van der Waals surface area contributed by atoms with Crippen molar-refractivity contribution in [2.24, 2.45) is 5.92 Å². The van der Waals surface area contributed by atoms with Crippen molar-refractivity contribution in [1.29, 1.82) is 0 Å². The molecule has 1 aliphatic carbocycles. The highest BCUT2D eigenvalue weighted by Gasteiger charge is 2.43. The van der Waals surface area contributed by atoms with E-state index in [0.717, 1.165) is 31.5 Å². The molecule has 3 atom stereocenters. The summed E-state index contributed by atoms with van der Waals surface area (Å²) in [5.74, 6) is 0.603. The predicted molar refractivity (Wildman–Crippen MR) is 70.2 cm³/mol. The lowest BCUT2D eigenvalue weighted by Crippen LogP contribution is -2.43. The van der Waals surface area contributed by atoms with Gasteiger partial charge in [0.2, 0.25) is 0 Å². The molecule has 0 aliphatic heterocycles. The normalized spacial score (nSPS) is 30.3. The van der Waals surface area contributed by atoms with Crippen molar-refractivity contribution in [2.75, 3.05) is 7.11 Å². The minimum absolute atomic E-state index is 0.440. The Kier molecular flexibility index (Phi) is 4.07. The van der Waals surface area contributed by atoms with Crippen LogP contribution in [0.15, 0.2) is 12.3 Å². The number of hydrogen-bond acceptors (Lipinski definition) is 3. The van der Waals surface area contributed by atoms with Crippen molar-refractivity contribution in [1.82, 2.24) is 9.78 Å². The highest BCUT2D eigenvalue weighted by molar-refractivity contribution is 5.11. The topological polar surface area (TPSA) is 47.3 Å². The van der Waals surface area contributed by atoms with Crippen LogP contribution < -0.4 is 0 Å². The van der Waals surface area contributed by atoms with E-state index in [2.05, 4.69) is 12.0 Å². The van der Waals surface area contributed by atoms with Crippen LogP contribution in [0.3, 0.4) is 0 Å². The summed E-state index contributed by atoms with van der Waals surface area (Å²) in [5.41, 5.74) is 0.429. The predicted octanol–water partition coefficient (Wildman–Crippen LogP) is 2.53. The van der Waals surface area contributed by atoms with E-state index in [0.29, 0.717) is 5.92 Å². The highest BCUT2D eigenvalue weighted by Crippen LogP contribution is 2.43. The van der Waals surface area contributed by atoms with Gasteiger partial charge in [-0.2, -0.15) is 5.10 Å². The van der Waals surface area contributed by atoms with Gasteiger partial charge in [-0.15, -0.1) is 0 Å². The molecule has 0 amide bonds. The minimum Gasteiger partial charge on any atom is -0.384 e. The maximum Gasteiger partial charge on any atom is 0.124 e. The molecule has 1 aliphatic rings. The second kappa shape index (κ2) is 5.41. The summed E-state index contributed by atoms with van der Waals surface area (Å²) in [6.45, 7) is 5.04. The Morgan fingerprint density at radius 1 is 1.67 bits per heavy atom. The van der Waals surface area contributed by atoms with Crippen molar-refractivity contribution < 1.29 is 9.84 Å². The van der Waals surface area contributed by atoms with Crippen LogP contribution in [0, 0.1) is 5.92 Å². The number of aromatic nitrogens is 2. The van der Waals surface area contributed by atoms with E-state index in [1.807, 2.05) is 17.7 Å². The van der Waals surface area contributed by atoms with Gasteiger partial charge in [0.25, 0.3) is 0 Å². The number of ether oxygens (including phenoxy) is 1. The van der Waals surface area contributed by atoms with Gasteiger partial charge in [-0.1, -0.05) is 19.8 Å². The lowest BCUT2D eigenvalue weighted by Gasteiger charge is -2.42. The Bertz CT molecular complexity index is 391. The highest BCUT2D eigenvalue weighted by atomic mass is 16.5. The molecule has 1 saturated carbocycles. The number of aliphatic hydroxyl groups is 1. The van der Waals surface area contributed by atoms with E-state index in [-0.39, 0.29) is 0 Å². The lowest BCUT2D eigenvalue weighted by molar-refractivity contribution is -0.136. The number of hydrogen-bond donors (Lipinski definition) is 1. The van der Waals surface area contributed by atoms with Crippen molar-refractivity contribution in [2.45, 2.75) is 57.8 Å². The van der Waals surface area contributed by atoms with E-state index < -0.39 is 11.7 Å². The fourth-order valence-corrected chi connectivity index (χ4v) is 3.20. The number of aryl methyl sites for hydroxylation is 1. The van der Waals surface area contributed by atoms with Crippen LogP contribution in [0.5, 0.6) is 0 Å². The largest absolute Gasteiger partial charge is 0.384 e. The third-order valence-electron chi connectivity index (χ3n) is 4.22. The van der Waals surface area contributed by atoms with Gasteiger partial charge < -0.3 is 9.84 Å². The second-order valence-electron chi connectivity index (χ2n) is 5.44. The van der Waals surface area contributed by atoms with Crippen molar-refractivity contribution in [3.8, 4) is 0 Å². The van der Waals surface area contributed by atoms with Crippen molar-refractivity contribution in [3.05, 3.63) is 18.0 Å². The van der Waals surface area contributed by atoms with Crippen LogP contribution in [-0.2, 0) is 11.3 Å². The molecular weight excluding hydrogens is 228 g/mol. The van der Waals surface area contributed by atoms with E-state index >= 15 is 0 Å². The van der Waals surface area contributed by atoms with E-state index in [9.17, 15) is 5.11 Å². The molecule has 1 aromatic heterocycles.